The molecule has 1 amide bonds. The van der Waals surface area contributed by atoms with E-state index in [-0.39, 0.29) is 17.2 Å². The number of benzene rings is 1. The summed E-state index contributed by atoms with van der Waals surface area (Å²) in [5.41, 5.74) is -0.333. The van der Waals surface area contributed by atoms with Crippen molar-refractivity contribution in [2.24, 2.45) is 5.92 Å². The summed E-state index contributed by atoms with van der Waals surface area (Å²) in [5, 5.41) is 12.6. The van der Waals surface area contributed by atoms with Gasteiger partial charge in [0.1, 0.15) is 11.7 Å². The van der Waals surface area contributed by atoms with Crippen LogP contribution in [0.25, 0.3) is 10.8 Å². The molecule has 1 atom stereocenters. The van der Waals surface area contributed by atoms with E-state index in [0.29, 0.717) is 10.8 Å². The Morgan fingerprint density at radius 1 is 1.24 bits per heavy atom. The molecule has 0 aliphatic heterocycles. The van der Waals surface area contributed by atoms with Gasteiger partial charge >= 0.3 is 5.97 Å². The van der Waals surface area contributed by atoms with E-state index in [1.807, 2.05) is 0 Å². The Morgan fingerprint density at radius 3 is 2.52 bits per heavy atom. The van der Waals surface area contributed by atoms with Crippen LogP contribution in [0.2, 0.25) is 0 Å². The number of fused-ring (bicyclic) bond motifs is 1. The van der Waals surface area contributed by atoms with Gasteiger partial charge in [0.15, 0.2) is 0 Å². The third kappa shape index (κ3) is 3.10. The summed E-state index contributed by atoms with van der Waals surface area (Å²) in [5.74, 6) is -1.99. The maximum Gasteiger partial charge on any atom is 0.326 e. The molecule has 0 unspecified atom stereocenters. The van der Waals surface area contributed by atoms with Gasteiger partial charge in [-0.1, -0.05) is 32.0 Å². The first-order valence-electron chi connectivity index (χ1n) is 6.56. The number of carboxylic acid groups (broad SMARTS) is 1. The molecule has 0 aliphatic rings. The van der Waals surface area contributed by atoms with Gasteiger partial charge in [-0.25, -0.2) is 4.79 Å². The molecule has 0 saturated carbocycles. The number of amides is 1. The van der Waals surface area contributed by atoms with E-state index < -0.39 is 17.9 Å². The van der Waals surface area contributed by atoms with E-state index in [0.717, 1.165) is 0 Å². The van der Waals surface area contributed by atoms with E-state index >= 15 is 0 Å². The number of carboxylic acids is 1. The highest BCUT2D eigenvalue weighted by Crippen LogP contribution is 2.10. The molecule has 0 fully saturated rings. The Kier molecular flexibility index (Phi) is 4.07. The highest BCUT2D eigenvalue weighted by molar-refractivity contribution is 5.98. The van der Waals surface area contributed by atoms with Crippen LogP contribution >= 0.6 is 0 Å². The first kappa shape index (κ1) is 14.8. The van der Waals surface area contributed by atoms with Crippen LogP contribution in [0.5, 0.6) is 0 Å². The molecule has 6 nitrogen and oxygen atoms in total. The number of hydrogen-bond acceptors (Lipinski definition) is 3. The summed E-state index contributed by atoms with van der Waals surface area (Å²) in [4.78, 5) is 37.6. The molecule has 0 spiro atoms. The monoisotopic (exact) mass is 288 g/mol. The Bertz CT molecular complexity index is 749. The Labute approximate surface area is 120 Å². The number of pyridine rings is 1. The largest absolute Gasteiger partial charge is 0.480 e. The summed E-state index contributed by atoms with van der Waals surface area (Å²) in [6, 6.07) is 7.40. The minimum absolute atomic E-state index is 0.0469. The SMILES string of the molecule is CC(C)[C@H](NC(=O)c1cc2ccccc2c(=O)[nH]1)C(=O)O. The lowest BCUT2D eigenvalue weighted by atomic mass is 10.0. The minimum atomic E-state index is -1.11. The summed E-state index contributed by atoms with van der Waals surface area (Å²) < 4.78 is 0. The maximum atomic E-state index is 12.1. The second kappa shape index (κ2) is 5.78. The predicted molar refractivity (Wildman–Crippen MR) is 78.3 cm³/mol. The average molecular weight is 288 g/mol. The van der Waals surface area contributed by atoms with Crippen LogP contribution in [0.3, 0.4) is 0 Å². The first-order chi connectivity index (χ1) is 9.90. The van der Waals surface area contributed by atoms with Crippen molar-refractivity contribution in [3.8, 4) is 0 Å². The Morgan fingerprint density at radius 2 is 1.90 bits per heavy atom. The molecule has 1 aromatic carbocycles. The van der Waals surface area contributed by atoms with Gasteiger partial charge in [-0.3, -0.25) is 9.59 Å². The summed E-state index contributed by atoms with van der Waals surface area (Å²) in [7, 11) is 0. The van der Waals surface area contributed by atoms with Crippen molar-refractivity contribution >= 4 is 22.6 Å². The van der Waals surface area contributed by atoms with E-state index in [4.69, 9.17) is 5.11 Å². The molecule has 0 bridgehead atoms. The van der Waals surface area contributed by atoms with Crippen molar-refractivity contribution in [1.82, 2.24) is 10.3 Å². The van der Waals surface area contributed by atoms with Gasteiger partial charge in [-0.05, 0) is 23.4 Å². The van der Waals surface area contributed by atoms with Crippen LogP contribution in [-0.2, 0) is 4.79 Å². The zero-order chi connectivity index (χ0) is 15.6. The molecule has 6 heteroatoms. The van der Waals surface area contributed by atoms with Gasteiger partial charge in [-0.15, -0.1) is 0 Å². The number of nitrogens with one attached hydrogen (secondary N) is 2. The first-order valence-corrected chi connectivity index (χ1v) is 6.56. The molecule has 0 aliphatic carbocycles. The third-order valence-corrected chi connectivity index (χ3v) is 3.22. The summed E-state index contributed by atoms with van der Waals surface area (Å²) >= 11 is 0. The van der Waals surface area contributed by atoms with Crippen LogP contribution in [-0.4, -0.2) is 28.0 Å². The smallest absolute Gasteiger partial charge is 0.326 e. The molecule has 3 N–H and O–H groups in total. The van der Waals surface area contributed by atoms with Crippen molar-refractivity contribution in [3.63, 3.8) is 0 Å². The lowest BCUT2D eigenvalue weighted by molar-refractivity contribution is -0.140. The number of rotatable bonds is 4. The fraction of sp³-hybridized carbons (Fsp3) is 0.267. The highest BCUT2D eigenvalue weighted by atomic mass is 16.4. The highest BCUT2D eigenvalue weighted by Gasteiger charge is 2.24. The number of H-pyrrole nitrogens is 1. The molecule has 2 aromatic rings. The van der Waals surface area contributed by atoms with E-state index in [9.17, 15) is 14.4 Å². The standard InChI is InChI=1S/C15H16N2O4/c1-8(2)12(15(20)21)17-14(19)11-7-9-5-3-4-6-10(9)13(18)16-11/h3-8,12H,1-2H3,(H,16,18)(H,17,19)(H,20,21)/t12-/m0/s1. The van der Waals surface area contributed by atoms with Crippen LogP contribution in [0.15, 0.2) is 35.1 Å². The molecule has 0 radical (unpaired) electrons. The quantitative estimate of drug-likeness (QED) is 0.791. The molecule has 2 rings (SSSR count). The minimum Gasteiger partial charge on any atom is -0.480 e. The van der Waals surface area contributed by atoms with Crippen molar-refractivity contribution in [3.05, 3.63) is 46.4 Å². The zero-order valence-electron chi connectivity index (χ0n) is 11.7. The van der Waals surface area contributed by atoms with Crippen LogP contribution in [0.4, 0.5) is 0 Å². The van der Waals surface area contributed by atoms with E-state index in [2.05, 4.69) is 10.3 Å². The normalized spacial score (nSPS) is 12.3. The van der Waals surface area contributed by atoms with Crippen LogP contribution < -0.4 is 10.9 Å². The van der Waals surface area contributed by atoms with Gasteiger partial charge in [0.25, 0.3) is 11.5 Å². The van der Waals surface area contributed by atoms with Crippen molar-refractivity contribution in [2.75, 3.05) is 0 Å². The number of carbonyl (C=O) groups is 2. The number of carbonyl (C=O) groups excluding carboxylic acids is 1. The van der Waals surface area contributed by atoms with Crippen molar-refractivity contribution < 1.29 is 14.7 Å². The van der Waals surface area contributed by atoms with Gasteiger partial charge in [0, 0.05) is 5.39 Å². The number of hydrogen-bond donors (Lipinski definition) is 3. The topological polar surface area (TPSA) is 99.3 Å². The molecular formula is C15H16N2O4. The maximum absolute atomic E-state index is 12.1. The van der Waals surface area contributed by atoms with Gasteiger partial charge in [-0.2, -0.15) is 0 Å². The lowest BCUT2D eigenvalue weighted by Crippen LogP contribution is -2.44. The van der Waals surface area contributed by atoms with E-state index in [1.165, 1.54) is 6.07 Å². The van der Waals surface area contributed by atoms with Crippen LogP contribution in [0, 0.1) is 5.92 Å². The second-order valence-corrected chi connectivity index (χ2v) is 5.13. The fourth-order valence-corrected chi connectivity index (χ4v) is 2.07. The van der Waals surface area contributed by atoms with Crippen LogP contribution in [0.1, 0.15) is 24.3 Å². The van der Waals surface area contributed by atoms with Gasteiger partial charge in [0.2, 0.25) is 0 Å². The lowest BCUT2D eigenvalue weighted by Gasteiger charge is -2.17. The Balaban J connectivity index is 2.36. The zero-order valence-corrected chi connectivity index (χ0v) is 11.7. The predicted octanol–water partition coefficient (Wildman–Crippen LogP) is 1.37. The van der Waals surface area contributed by atoms with E-state index in [1.54, 1.807) is 38.1 Å². The fourth-order valence-electron chi connectivity index (χ4n) is 2.07. The van der Waals surface area contributed by atoms with Gasteiger partial charge < -0.3 is 15.4 Å². The summed E-state index contributed by atoms with van der Waals surface area (Å²) in [6.07, 6.45) is 0. The number of aromatic nitrogens is 1. The van der Waals surface area contributed by atoms with Crippen molar-refractivity contribution in [1.29, 1.82) is 0 Å². The summed E-state index contributed by atoms with van der Waals surface area (Å²) in [6.45, 7) is 3.39. The molecule has 21 heavy (non-hydrogen) atoms. The molecule has 1 heterocycles. The van der Waals surface area contributed by atoms with Crippen molar-refractivity contribution in [2.45, 2.75) is 19.9 Å². The van der Waals surface area contributed by atoms with Gasteiger partial charge in [0.05, 0.1) is 0 Å². The Hall–Kier alpha value is -2.63. The average Bonchev–Trinajstić information content (AvgIpc) is 2.43. The second-order valence-electron chi connectivity index (χ2n) is 5.13. The molecule has 1 aromatic heterocycles. The number of aromatic amines is 1. The molecule has 0 saturated heterocycles. The third-order valence-electron chi connectivity index (χ3n) is 3.22. The molecule has 110 valence electrons. The number of aliphatic carboxylic acids is 1. The molecular weight excluding hydrogens is 272 g/mol.